The minimum atomic E-state index is -4.23. The van der Waals surface area contributed by atoms with Gasteiger partial charge < -0.3 is 5.11 Å². The summed E-state index contributed by atoms with van der Waals surface area (Å²) in [5.74, 6) is -1.24. The molecule has 0 aliphatic heterocycles. The van der Waals surface area contributed by atoms with Crippen molar-refractivity contribution in [1.82, 2.24) is 4.98 Å². The molecule has 0 saturated heterocycles. The second-order valence-corrected chi connectivity index (χ2v) is 8.43. The summed E-state index contributed by atoms with van der Waals surface area (Å²) in [5.41, 5.74) is 0.615. The van der Waals surface area contributed by atoms with Crippen LogP contribution in [0.5, 0.6) is 0 Å². The molecule has 0 radical (unpaired) electrons. The zero-order valence-corrected chi connectivity index (χ0v) is 16.4. The highest BCUT2D eigenvalue weighted by atomic mass is 32.2. The number of nitrogens with zero attached hydrogens (tertiary/aromatic N) is 2. The molecule has 0 fully saturated rings. The van der Waals surface area contributed by atoms with Gasteiger partial charge in [0.05, 0.1) is 11.2 Å². The number of aliphatic carboxylic acids is 1. The Balaban J connectivity index is 2.02. The van der Waals surface area contributed by atoms with E-state index in [4.69, 9.17) is 0 Å². The van der Waals surface area contributed by atoms with Crippen LogP contribution >= 0.6 is 0 Å². The van der Waals surface area contributed by atoms with Crippen molar-refractivity contribution in [2.75, 3.05) is 4.31 Å². The fraction of sp³-hybridized carbons (Fsp3) is 0.0909. The number of sulfonamides is 1. The Bertz CT molecular complexity index is 1320. The summed E-state index contributed by atoms with van der Waals surface area (Å²) < 4.78 is 28.5. The van der Waals surface area contributed by atoms with Crippen LogP contribution < -0.4 is 4.31 Å². The zero-order valence-electron chi connectivity index (χ0n) is 15.6. The average molecular weight is 406 g/mol. The van der Waals surface area contributed by atoms with Gasteiger partial charge in [-0.25, -0.2) is 13.2 Å². The van der Waals surface area contributed by atoms with Gasteiger partial charge in [0.1, 0.15) is 10.9 Å². The van der Waals surface area contributed by atoms with E-state index in [9.17, 15) is 18.3 Å². The molecule has 0 amide bonds. The van der Waals surface area contributed by atoms with E-state index < -0.39 is 22.0 Å². The predicted octanol–water partition coefficient (Wildman–Crippen LogP) is 4.06. The molecule has 146 valence electrons. The molecule has 0 spiro atoms. The van der Waals surface area contributed by atoms with E-state index in [1.54, 1.807) is 48.5 Å². The highest BCUT2D eigenvalue weighted by molar-refractivity contribution is 7.93. The van der Waals surface area contributed by atoms with Crippen molar-refractivity contribution >= 4 is 43.4 Å². The molecule has 0 aliphatic carbocycles. The minimum Gasteiger partial charge on any atom is -0.480 e. The maximum absolute atomic E-state index is 13.8. The molecule has 29 heavy (non-hydrogen) atoms. The molecule has 1 atom stereocenters. The number of fused-ring (bicyclic) bond motifs is 2. The van der Waals surface area contributed by atoms with E-state index in [2.05, 4.69) is 4.98 Å². The van der Waals surface area contributed by atoms with Crippen LogP contribution in [0.25, 0.3) is 21.7 Å². The molecule has 0 bridgehead atoms. The lowest BCUT2D eigenvalue weighted by Gasteiger charge is -2.29. The first-order valence-electron chi connectivity index (χ1n) is 9.00. The lowest BCUT2D eigenvalue weighted by Crippen LogP contribution is -2.43. The standard InChI is InChI=1S/C22H18N2O4S/c1-15(22(25)26)24(19-12-4-8-16-7-2-3-11-18(16)19)29(27,28)20-13-5-9-17-10-6-14-23-21(17)20/h2-15H,1H3,(H,25,26)/t15-/m0/s1. The van der Waals surface area contributed by atoms with E-state index in [0.717, 1.165) is 9.69 Å². The van der Waals surface area contributed by atoms with Crippen LogP contribution in [0.15, 0.2) is 83.9 Å². The molecule has 4 rings (SSSR count). The number of hydrogen-bond acceptors (Lipinski definition) is 4. The molecular formula is C22H18N2O4S. The van der Waals surface area contributed by atoms with Gasteiger partial charge in [0.25, 0.3) is 10.0 Å². The second-order valence-electron chi connectivity index (χ2n) is 6.64. The summed E-state index contributed by atoms with van der Waals surface area (Å²) >= 11 is 0. The van der Waals surface area contributed by atoms with Gasteiger partial charge in [-0.15, -0.1) is 0 Å². The lowest BCUT2D eigenvalue weighted by atomic mass is 10.1. The number of carboxylic acids is 1. The van der Waals surface area contributed by atoms with Gasteiger partial charge in [-0.05, 0) is 30.5 Å². The summed E-state index contributed by atoms with van der Waals surface area (Å²) in [4.78, 5) is 16.1. The molecule has 6 nitrogen and oxygen atoms in total. The fourth-order valence-corrected chi connectivity index (χ4v) is 5.24. The Morgan fingerprint density at radius 1 is 0.931 bits per heavy atom. The summed E-state index contributed by atoms with van der Waals surface area (Å²) in [6.07, 6.45) is 1.52. The van der Waals surface area contributed by atoms with E-state index in [1.165, 1.54) is 19.2 Å². The zero-order chi connectivity index (χ0) is 20.6. The number of carboxylic acid groups (broad SMARTS) is 1. The molecule has 1 heterocycles. The van der Waals surface area contributed by atoms with Crippen LogP contribution in [-0.2, 0) is 14.8 Å². The summed E-state index contributed by atoms with van der Waals surface area (Å²) in [5, 5.41) is 11.8. The monoisotopic (exact) mass is 406 g/mol. The van der Waals surface area contributed by atoms with Crippen molar-refractivity contribution in [2.45, 2.75) is 17.9 Å². The van der Waals surface area contributed by atoms with Crippen LogP contribution in [0.4, 0.5) is 5.69 Å². The predicted molar refractivity (Wildman–Crippen MR) is 112 cm³/mol. The molecular weight excluding hydrogens is 388 g/mol. The maximum Gasteiger partial charge on any atom is 0.327 e. The number of pyridine rings is 1. The number of benzene rings is 3. The number of para-hydroxylation sites is 1. The Morgan fingerprint density at radius 2 is 1.59 bits per heavy atom. The van der Waals surface area contributed by atoms with Crippen LogP contribution in [0.3, 0.4) is 0 Å². The third kappa shape index (κ3) is 3.19. The van der Waals surface area contributed by atoms with Gasteiger partial charge in [-0.3, -0.25) is 9.29 Å². The van der Waals surface area contributed by atoms with E-state index in [-0.39, 0.29) is 4.90 Å². The Kier molecular flexibility index (Phi) is 4.68. The molecule has 0 aliphatic rings. The summed E-state index contributed by atoms with van der Waals surface area (Å²) in [6.45, 7) is 1.36. The van der Waals surface area contributed by atoms with Crippen molar-refractivity contribution in [1.29, 1.82) is 0 Å². The third-order valence-corrected chi connectivity index (χ3v) is 6.76. The van der Waals surface area contributed by atoms with Crippen LogP contribution in [0.2, 0.25) is 0 Å². The van der Waals surface area contributed by atoms with Crippen molar-refractivity contribution in [3.05, 3.63) is 79.0 Å². The van der Waals surface area contributed by atoms with Crippen LogP contribution in [0.1, 0.15) is 6.92 Å². The minimum absolute atomic E-state index is 0.0309. The molecule has 0 saturated carbocycles. The maximum atomic E-state index is 13.8. The largest absolute Gasteiger partial charge is 0.480 e. The Labute approximate surface area is 168 Å². The SMILES string of the molecule is C[C@@H](C(=O)O)N(c1cccc2ccccc12)S(=O)(=O)c1cccc2cccnc12. The van der Waals surface area contributed by atoms with Crippen molar-refractivity contribution in [2.24, 2.45) is 0 Å². The molecule has 0 unspecified atom stereocenters. The summed E-state index contributed by atoms with van der Waals surface area (Å²) in [6, 6.07) is 19.5. The highest BCUT2D eigenvalue weighted by Gasteiger charge is 2.35. The van der Waals surface area contributed by atoms with Crippen molar-refractivity contribution < 1.29 is 18.3 Å². The second kappa shape index (κ2) is 7.18. The molecule has 4 aromatic rings. The van der Waals surface area contributed by atoms with E-state index in [1.807, 2.05) is 18.2 Å². The first kappa shape index (κ1) is 18.9. The third-order valence-electron chi connectivity index (χ3n) is 4.85. The number of anilines is 1. The number of rotatable bonds is 5. The summed E-state index contributed by atoms with van der Waals surface area (Å²) in [7, 11) is -4.23. The number of carbonyl (C=O) groups is 1. The number of aromatic nitrogens is 1. The van der Waals surface area contributed by atoms with Crippen molar-refractivity contribution in [3.63, 3.8) is 0 Å². The lowest BCUT2D eigenvalue weighted by molar-refractivity contribution is -0.137. The van der Waals surface area contributed by atoms with Crippen LogP contribution in [0, 0.1) is 0 Å². The first-order chi connectivity index (χ1) is 13.9. The smallest absolute Gasteiger partial charge is 0.327 e. The van der Waals surface area contributed by atoms with Gasteiger partial charge in [-0.2, -0.15) is 0 Å². The van der Waals surface area contributed by atoms with Gasteiger partial charge in [0.2, 0.25) is 0 Å². The van der Waals surface area contributed by atoms with E-state index >= 15 is 0 Å². The molecule has 1 N–H and O–H groups in total. The first-order valence-corrected chi connectivity index (χ1v) is 10.4. The average Bonchev–Trinajstić information content (AvgIpc) is 2.73. The van der Waals surface area contributed by atoms with Gasteiger partial charge >= 0.3 is 5.97 Å². The Morgan fingerprint density at radius 3 is 2.38 bits per heavy atom. The molecule has 3 aromatic carbocycles. The molecule has 7 heteroatoms. The Hall–Kier alpha value is -3.45. The number of hydrogen-bond donors (Lipinski definition) is 1. The van der Waals surface area contributed by atoms with Crippen LogP contribution in [-0.4, -0.2) is 30.5 Å². The molecule has 1 aromatic heterocycles. The normalized spacial score (nSPS) is 12.7. The fourth-order valence-electron chi connectivity index (χ4n) is 3.44. The quantitative estimate of drug-likeness (QED) is 0.540. The van der Waals surface area contributed by atoms with Crippen molar-refractivity contribution in [3.8, 4) is 0 Å². The van der Waals surface area contributed by atoms with E-state index in [0.29, 0.717) is 22.0 Å². The van der Waals surface area contributed by atoms with Gasteiger partial charge in [-0.1, -0.05) is 54.6 Å². The topological polar surface area (TPSA) is 87.6 Å². The highest BCUT2D eigenvalue weighted by Crippen LogP contribution is 2.34. The van der Waals surface area contributed by atoms with Gasteiger partial charge in [0, 0.05) is 17.0 Å². The van der Waals surface area contributed by atoms with Gasteiger partial charge in [0.15, 0.2) is 0 Å².